The average molecular weight is 673 g/mol. The fraction of sp³-hybridized carbons (Fsp3) is 0.400. The van der Waals surface area contributed by atoms with E-state index in [1.165, 1.54) is 19.2 Å². The van der Waals surface area contributed by atoms with E-state index >= 15 is 0 Å². The number of halogens is 2. The molecular weight excluding hydrogens is 642 g/mol. The number of pyridine rings is 1. The quantitative estimate of drug-likeness (QED) is 0.229. The fourth-order valence-corrected chi connectivity index (χ4v) is 4.56. The van der Waals surface area contributed by atoms with Gasteiger partial charge in [-0.25, -0.2) is 0 Å². The Kier molecular flexibility index (Phi) is 12.6. The van der Waals surface area contributed by atoms with Crippen molar-refractivity contribution in [2.24, 2.45) is 4.99 Å². The number of phenols is 1. The molecule has 0 saturated carbocycles. The standard InChI is InChI=1S/C13H17N5O4.C12H14Br2O3/c1-7(19)3-14-11(21)8-2-10(12(22)15-4-8)18-13-16-5-9(20)6-17-13;1-3-17-11(15)4-7(2)9-5-8(13)6-10(14)12(9)16/h2,4,9,20H,3,5-6H2,1H3,(H,14,21)(H,15,22)(H2,16,17,18);5-7,16H,3-4H2,1-2H3. The van der Waals surface area contributed by atoms with E-state index in [1.54, 1.807) is 13.0 Å². The van der Waals surface area contributed by atoms with Crippen LogP contribution in [0.1, 0.15) is 49.0 Å². The van der Waals surface area contributed by atoms with Gasteiger partial charge in [0.2, 0.25) is 0 Å². The maximum atomic E-state index is 11.9. The summed E-state index contributed by atoms with van der Waals surface area (Å²) in [6.07, 6.45) is 0.958. The van der Waals surface area contributed by atoms with Crippen LogP contribution >= 0.6 is 31.9 Å². The third-order valence-corrected chi connectivity index (χ3v) is 6.31. The first-order chi connectivity index (χ1) is 18.4. The molecule has 1 aliphatic rings. The second-order valence-electron chi connectivity index (χ2n) is 8.60. The van der Waals surface area contributed by atoms with E-state index < -0.39 is 17.6 Å². The number of guanidine groups is 1. The van der Waals surface area contributed by atoms with Gasteiger partial charge in [0.25, 0.3) is 11.5 Å². The fourth-order valence-electron chi connectivity index (χ4n) is 3.30. The number of carbonyl (C=O) groups excluding carboxylic acids is 3. The highest BCUT2D eigenvalue weighted by Gasteiger charge is 2.18. The molecule has 0 bridgehead atoms. The largest absolute Gasteiger partial charge is 0.506 e. The highest BCUT2D eigenvalue weighted by molar-refractivity contribution is 9.11. The van der Waals surface area contributed by atoms with Crippen molar-refractivity contribution in [2.75, 3.05) is 31.6 Å². The SMILES string of the molecule is CC(=O)CNC(=O)c1c[nH]c(=O)c(NC2=NCC(O)CN2)c1.CCOC(=O)CC(C)c1cc(Br)cc(Br)c1O. The van der Waals surface area contributed by atoms with E-state index in [1.807, 2.05) is 13.0 Å². The van der Waals surface area contributed by atoms with E-state index in [0.29, 0.717) is 23.6 Å². The monoisotopic (exact) mass is 671 g/mol. The van der Waals surface area contributed by atoms with E-state index in [4.69, 9.17) is 4.74 Å². The number of phenolic OH excluding ortho intramolecular Hbond substituents is 1. The van der Waals surface area contributed by atoms with Crippen LogP contribution in [-0.2, 0) is 14.3 Å². The van der Waals surface area contributed by atoms with Crippen molar-refractivity contribution in [3.63, 3.8) is 0 Å². The zero-order valence-corrected chi connectivity index (χ0v) is 24.8. The number of rotatable bonds is 8. The van der Waals surface area contributed by atoms with Gasteiger partial charge in [-0.3, -0.25) is 24.2 Å². The Bertz CT molecular complexity index is 1280. The van der Waals surface area contributed by atoms with Crippen LogP contribution in [0, 0.1) is 0 Å². The lowest BCUT2D eigenvalue weighted by atomic mass is 9.97. The van der Waals surface area contributed by atoms with E-state index in [9.17, 15) is 29.4 Å². The topological polar surface area (TPSA) is 182 Å². The smallest absolute Gasteiger partial charge is 0.306 e. The van der Waals surface area contributed by atoms with E-state index in [2.05, 4.69) is 57.8 Å². The summed E-state index contributed by atoms with van der Waals surface area (Å²) in [6, 6.07) is 4.93. The van der Waals surface area contributed by atoms with Gasteiger partial charge in [-0.2, -0.15) is 0 Å². The van der Waals surface area contributed by atoms with Crippen molar-refractivity contribution in [1.82, 2.24) is 15.6 Å². The molecule has 1 aromatic heterocycles. The Morgan fingerprint density at radius 1 is 1.26 bits per heavy atom. The highest BCUT2D eigenvalue weighted by Crippen LogP contribution is 2.37. The van der Waals surface area contributed by atoms with Crippen LogP contribution in [-0.4, -0.2) is 71.2 Å². The van der Waals surface area contributed by atoms with Crippen LogP contribution in [0.25, 0.3) is 0 Å². The molecule has 0 aliphatic carbocycles. The number of amides is 1. The van der Waals surface area contributed by atoms with Gasteiger partial charge in [0.05, 0.1) is 42.3 Å². The molecule has 0 fully saturated rings. The number of hydrogen-bond acceptors (Lipinski definition) is 10. The maximum Gasteiger partial charge on any atom is 0.306 e. The molecule has 12 nitrogen and oxygen atoms in total. The third kappa shape index (κ3) is 10.5. The Hall–Kier alpha value is -3.23. The molecule has 6 N–H and O–H groups in total. The minimum absolute atomic E-state index is 0.0765. The number of ether oxygens (including phenoxy) is 1. The van der Waals surface area contributed by atoms with Crippen LogP contribution in [0.5, 0.6) is 5.75 Å². The first-order valence-corrected chi connectivity index (χ1v) is 13.6. The first kappa shape index (κ1) is 32.0. The summed E-state index contributed by atoms with van der Waals surface area (Å²) >= 11 is 6.62. The number of aromatic amines is 1. The molecule has 2 atom stereocenters. The van der Waals surface area contributed by atoms with Crippen LogP contribution < -0.4 is 21.5 Å². The number of carbonyl (C=O) groups is 3. The average Bonchev–Trinajstić information content (AvgIpc) is 2.87. The molecule has 2 aromatic rings. The first-order valence-electron chi connectivity index (χ1n) is 12.0. The number of aliphatic hydroxyl groups excluding tert-OH is 1. The summed E-state index contributed by atoms with van der Waals surface area (Å²) in [4.78, 5) is 52.3. The van der Waals surface area contributed by atoms with Crippen LogP contribution in [0.4, 0.5) is 5.69 Å². The molecule has 1 aromatic carbocycles. The number of β-amino-alcohol motifs (C(OH)–C–C–N with tert-alkyl or cyclic N) is 1. The van der Waals surface area contributed by atoms with Crippen molar-refractivity contribution in [2.45, 2.75) is 39.2 Å². The molecule has 14 heteroatoms. The summed E-state index contributed by atoms with van der Waals surface area (Å²) < 4.78 is 6.35. The minimum atomic E-state index is -0.562. The molecule has 1 aliphatic heterocycles. The summed E-state index contributed by atoms with van der Waals surface area (Å²) in [6.45, 7) is 5.86. The lowest BCUT2D eigenvalue weighted by Gasteiger charge is -2.19. The number of ketones is 1. The zero-order chi connectivity index (χ0) is 29.1. The number of aliphatic hydroxyl groups is 1. The number of aromatic nitrogens is 1. The number of aliphatic imine (C=N–C) groups is 1. The second-order valence-corrected chi connectivity index (χ2v) is 10.4. The maximum absolute atomic E-state index is 11.9. The van der Waals surface area contributed by atoms with Gasteiger partial charge in [0.15, 0.2) is 5.96 Å². The number of hydrogen-bond donors (Lipinski definition) is 6. The van der Waals surface area contributed by atoms with Gasteiger partial charge in [-0.05, 0) is 59.5 Å². The molecular formula is C25H31Br2N5O7. The minimum Gasteiger partial charge on any atom is -0.506 e. The summed E-state index contributed by atoms with van der Waals surface area (Å²) in [5, 5.41) is 27.3. The number of benzene rings is 1. The normalized spacial score (nSPS) is 15.0. The Labute approximate surface area is 241 Å². The van der Waals surface area contributed by atoms with Crippen molar-refractivity contribution in [3.05, 3.63) is 54.8 Å². The van der Waals surface area contributed by atoms with Crippen LogP contribution in [0.15, 0.2) is 43.1 Å². The van der Waals surface area contributed by atoms with Crippen molar-refractivity contribution < 1.29 is 29.3 Å². The predicted molar refractivity (Wildman–Crippen MR) is 153 cm³/mol. The van der Waals surface area contributed by atoms with Gasteiger partial charge in [-0.15, -0.1) is 0 Å². The van der Waals surface area contributed by atoms with Crippen molar-refractivity contribution >= 4 is 61.2 Å². The Morgan fingerprint density at radius 2 is 1.97 bits per heavy atom. The van der Waals surface area contributed by atoms with Gasteiger partial charge in [0, 0.05) is 17.2 Å². The summed E-state index contributed by atoms with van der Waals surface area (Å²) in [5.74, 6) is -0.473. The number of Topliss-reactive ketones (excluding diaryl/α,β-unsaturated/α-hetero) is 1. The van der Waals surface area contributed by atoms with E-state index in [0.717, 1.165) is 10.0 Å². The number of aromatic hydroxyl groups is 1. The van der Waals surface area contributed by atoms with Crippen LogP contribution in [0.2, 0.25) is 0 Å². The van der Waals surface area contributed by atoms with Gasteiger partial charge < -0.3 is 35.9 Å². The third-order valence-electron chi connectivity index (χ3n) is 5.25. The Morgan fingerprint density at radius 3 is 2.59 bits per heavy atom. The van der Waals surface area contributed by atoms with Gasteiger partial charge in [0.1, 0.15) is 17.2 Å². The summed E-state index contributed by atoms with van der Waals surface area (Å²) in [5.41, 5.74) is 0.649. The highest BCUT2D eigenvalue weighted by atomic mass is 79.9. The molecule has 3 rings (SSSR count). The van der Waals surface area contributed by atoms with Gasteiger partial charge >= 0.3 is 5.97 Å². The van der Waals surface area contributed by atoms with Crippen molar-refractivity contribution in [3.8, 4) is 5.75 Å². The molecule has 39 heavy (non-hydrogen) atoms. The lowest BCUT2D eigenvalue weighted by Crippen LogP contribution is -2.43. The molecule has 0 saturated heterocycles. The predicted octanol–water partition coefficient (Wildman–Crippen LogP) is 2.40. The number of nitrogens with one attached hydrogen (secondary N) is 4. The lowest BCUT2D eigenvalue weighted by molar-refractivity contribution is -0.143. The number of anilines is 1. The number of nitrogens with zero attached hydrogens (tertiary/aromatic N) is 1. The van der Waals surface area contributed by atoms with Crippen LogP contribution in [0.3, 0.4) is 0 Å². The Balaban J connectivity index is 0.000000283. The molecule has 0 radical (unpaired) electrons. The molecule has 212 valence electrons. The molecule has 2 heterocycles. The second kappa shape index (κ2) is 15.4. The molecule has 1 amide bonds. The van der Waals surface area contributed by atoms with Crippen molar-refractivity contribution in [1.29, 1.82) is 0 Å². The van der Waals surface area contributed by atoms with E-state index in [-0.39, 0.29) is 54.2 Å². The molecule has 2 unspecified atom stereocenters. The zero-order valence-electron chi connectivity index (χ0n) is 21.6. The van der Waals surface area contributed by atoms with Gasteiger partial charge in [-0.1, -0.05) is 22.9 Å². The summed E-state index contributed by atoms with van der Waals surface area (Å²) in [7, 11) is 0. The molecule has 0 spiro atoms. The number of H-pyrrole nitrogens is 1. The number of esters is 1.